The number of nitrogens with two attached hydrogens (primary N) is 1. The number of primary amides is 1. The van der Waals surface area contributed by atoms with Gasteiger partial charge in [-0.3, -0.25) is 9.59 Å². The van der Waals surface area contributed by atoms with Crippen molar-refractivity contribution in [2.75, 3.05) is 18.1 Å². The Morgan fingerprint density at radius 2 is 2.06 bits per heavy atom. The highest BCUT2D eigenvalue weighted by Gasteiger charge is 2.38. The fraction of sp³-hybridized carbons (Fsp3) is 0.846. The van der Waals surface area contributed by atoms with E-state index in [-0.39, 0.29) is 17.6 Å². The average Bonchev–Trinajstić information content (AvgIpc) is 2.90. The smallest absolute Gasteiger partial charge is 0.230 e. The largest absolute Gasteiger partial charge is 0.369 e. The third-order valence-electron chi connectivity index (χ3n) is 4.20. The molecule has 2 rings (SSSR count). The second kappa shape index (κ2) is 6.45. The highest BCUT2D eigenvalue weighted by atomic mass is 32.2. The van der Waals surface area contributed by atoms with E-state index in [1.54, 1.807) is 0 Å². The Morgan fingerprint density at radius 3 is 2.67 bits per heavy atom. The van der Waals surface area contributed by atoms with Crippen LogP contribution in [0.15, 0.2) is 0 Å². The summed E-state index contributed by atoms with van der Waals surface area (Å²) in [6.07, 6.45) is 6.74. The molecule has 0 aromatic rings. The van der Waals surface area contributed by atoms with Crippen LogP contribution in [0.1, 0.15) is 32.1 Å². The van der Waals surface area contributed by atoms with Gasteiger partial charge < -0.3 is 11.1 Å². The van der Waals surface area contributed by atoms with Crippen molar-refractivity contribution in [1.29, 1.82) is 0 Å². The van der Waals surface area contributed by atoms with Crippen molar-refractivity contribution in [3.05, 3.63) is 0 Å². The van der Waals surface area contributed by atoms with Crippen molar-refractivity contribution in [1.82, 2.24) is 5.32 Å². The van der Waals surface area contributed by atoms with E-state index in [4.69, 9.17) is 5.73 Å². The van der Waals surface area contributed by atoms with Crippen LogP contribution in [0.25, 0.3) is 0 Å². The van der Waals surface area contributed by atoms with E-state index in [1.165, 1.54) is 37.4 Å². The Kier molecular flexibility index (Phi) is 4.92. The monoisotopic (exact) mass is 270 g/mol. The molecule has 0 radical (unpaired) electrons. The molecule has 2 aliphatic rings. The van der Waals surface area contributed by atoms with Gasteiger partial charge in [-0.25, -0.2) is 0 Å². The van der Waals surface area contributed by atoms with Crippen molar-refractivity contribution >= 4 is 23.6 Å². The summed E-state index contributed by atoms with van der Waals surface area (Å²) in [5.41, 5.74) is 5.00. The van der Waals surface area contributed by atoms with Gasteiger partial charge in [-0.2, -0.15) is 0 Å². The zero-order chi connectivity index (χ0) is 13.0. The molecule has 2 bridgehead atoms. The maximum absolute atomic E-state index is 11.5. The Morgan fingerprint density at radius 1 is 1.22 bits per heavy atom. The maximum Gasteiger partial charge on any atom is 0.230 e. The zero-order valence-electron chi connectivity index (χ0n) is 10.7. The highest BCUT2D eigenvalue weighted by molar-refractivity contribution is 8.00. The van der Waals surface area contributed by atoms with Gasteiger partial charge >= 0.3 is 0 Å². The molecule has 0 saturated heterocycles. The van der Waals surface area contributed by atoms with Crippen LogP contribution < -0.4 is 11.1 Å². The van der Waals surface area contributed by atoms with E-state index in [2.05, 4.69) is 5.32 Å². The number of rotatable bonds is 7. The van der Waals surface area contributed by atoms with Gasteiger partial charge in [0.05, 0.1) is 11.5 Å². The van der Waals surface area contributed by atoms with Crippen LogP contribution in [-0.4, -0.2) is 29.9 Å². The number of thioether (sulfide) groups is 1. The van der Waals surface area contributed by atoms with Gasteiger partial charge in [0.15, 0.2) is 0 Å². The third kappa shape index (κ3) is 3.90. The number of carbonyl (C=O) groups is 2. The lowest BCUT2D eigenvalue weighted by Gasteiger charge is -2.21. The molecule has 2 aliphatic carbocycles. The minimum Gasteiger partial charge on any atom is -0.369 e. The molecule has 18 heavy (non-hydrogen) atoms. The van der Waals surface area contributed by atoms with Crippen LogP contribution in [0.3, 0.4) is 0 Å². The minimum atomic E-state index is -0.366. The van der Waals surface area contributed by atoms with E-state index in [0.717, 1.165) is 30.7 Å². The van der Waals surface area contributed by atoms with Gasteiger partial charge in [0.25, 0.3) is 0 Å². The molecule has 102 valence electrons. The molecule has 2 amide bonds. The van der Waals surface area contributed by atoms with Crippen LogP contribution in [0.5, 0.6) is 0 Å². The van der Waals surface area contributed by atoms with Gasteiger partial charge in [-0.15, -0.1) is 11.8 Å². The number of hydrogen-bond donors (Lipinski definition) is 2. The number of nitrogens with one attached hydrogen (secondary N) is 1. The number of carbonyl (C=O) groups excluding carboxylic acids is 2. The lowest BCUT2D eigenvalue weighted by molar-refractivity contribution is -0.118. The third-order valence-corrected chi connectivity index (χ3v) is 5.15. The van der Waals surface area contributed by atoms with Crippen molar-refractivity contribution in [2.24, 2.45) is 23.5 Å². The summed E-state index contributed by atoms with van der Waals surface area (Å²) in [6.45, 7) is 0.782. The van der Waals surface area contributed by atoms with Gasteiger partial charge in [0.1, 0.15) is 0 Å². The average molecular weight is 270 g/mol. The molecule has 0 spiro atoms. The molecule has 0 aliphatic heterocycles. The molecule has 3 unspecified atom stereocenters. The summed E-state index contributed by atoms with van der Waals surface area (Å²) in [7, 11) is 0. The number of hydrogen-bond acceptors (Lipinski definition) is 3. The van der Waals surface area contributed by atoms with E-state index >= 15 is 0 Å². The molecule has 3 N–H and O–H groups in total. The first-order valence-electron chi connectivity index (χ1n) is 6.78. The molecule has 2 fully saturated rings. The highest BCUT2D eigenvalue weighted by Crippen LogP contribution is 2.49. The standard InChI is InChI=1S/C13H22N2O2S/c14-12(16)7-18-8-13(17)15-4-3-11-6-9-1-2-10(11)5-9/h9-11H,1-8H2,(H2,14,16)(H,15,17). The molecular weight excluding hydrogens is 248 g/mol. The Labute approximate surface area is 112 Å². The molecule has 5 heteroatoms. The summed E-state index contributed by atoms with van der Waals surface area (Å²) in [4.78, 5) is 22.0. The van der Waals surface area contributed by atoms with Gasteiger partial charge in [0, 0.05) is 6.54 Å². The molecular formula is C13H22N2O2S. The van der Waals surface area contributed by atoms with Crippen molar-refractivity contribution in [2.45, 2.75) is 32.1 Å². The van der Waals surface area contributed by atoms with Crippen molar-refractivity contribution in [3.8, 4) is 0 Å². The fourth-order valence-electron chi connectivity index (χ4n) is 3.42. The van der Waals surface area contributed by atoms with Gasteiger partial charge in [-0.1, -0.05) is 6.42 Å². The van der Waals surface area contributed by atoms with E-state index in [0.29, 0.717) is 5.75 Å². The van der Waals surface area contributed by atoms with E-state index < -0.39 is 0 Å². The van der Waals surface area contributed by atoms with Crippen molar-refractivity contribution < 1.29 is 9.59 Å². The molecule has 2 saturated carbocycles. The zero-order valence-corrected chi connectivity index (χ0v) is 11.5. The number of amides is 2. The predicted molar refractivity (Wildman–Crippen MR) is 73.1 cm³/mol. The summed E-state index contributed by atoms with van der Waals surface area (Å²) < 4.78 is 0. The quantitative estimate of drug-likeness (QED) is 0.729. The lowest BCUT2D eigenvalue weighted by Crippen LogP contribution is -2.29. The molecule has 0 aromatic heterocycles. The number of fused-ring (bicyclic) bond motifs is 2. The Hall–Kier alpha value is -0.710. The summed E-state index contributed by atoms with van der Waals surface area (Å²) in [6, 6.07) is 0. The molecule has 0 heterocycles. The molecule has 3 atom stereocenters. The fourth-order valence-corrected chi connectivity index (χ4v) is 4.01. The topological polar surface area (TPSA) is 72.2 Å². The minimum absolute atomic E-state index is 0.0180. The normalized spacial score (nSPS) is 29.4. The second-order valence-corrected chi connectivity index (χ2v) is 6.52. The Bertz CT molecular complexity index is 322. The lowest BCUT2D eigenvalue weighted by atomic mass is 9.86. The van der Waals surface area contributed by atoms with Gasteiger partial charge in [-0.05, 0) is 43.4 Å². The maximum atomic E-state index is 11.5. The first-order valence-corrected chi connectivity index (χ1v) is 7.93. The molecule has 4 nitrogen and oxygen atoms in total. The van der Waals surface area contributed by atoms with Crippen LogP contribution >= 0.6 is 11.8 Å². The van der Waals surface area contributed by atoms with Crippen LogP contribution in [0, 0.1) is 17.8 Å². The first-order chi connectivity index (χ1) is 8.65. The van der Waals surface area contributed by atoms with Crippen LogP contribution in [0.4, 0.5) is 0 Å². The predicted octanol–water partition coefficient (Wildman–Crippen LogP) is 1.15. The van der Waals surface area contributed by atoms with Gasteiger partial charge in [0.2, 0.25) is 11.8 Å². The van der Waals surface area contributed by atoms with Crippen molar-refractivity contribution in [3.63, 3.8) is 0 Å². The summed E-state index contributed by atoms with van der Waals surface area (Å²) in [5, 5.41) is 2.93. The molecule has 0 aromatic carbocycles. The SMILES string of the molecule is NC(=O)CSCC(=O)NCCC1CC2CCC1C2. The summed E-state index contributed by atoms with van der Waals surface area (Å²) >= 11 is 1.28. The second-order valence-electron chi connectivity index (χ2n) is 5.53. The summed E-state index contributed by atoms with van der Waals surface area (Å²) in [5.74, 6) is 2.94. The van der Waals surface area contributed by atoms with Crippen LogP contribution in [0.2, 0.25) is 0 Å². The van der Waals surface area contributed by atoms with Crippen LogP contribution in [-0.2, 0) is 9.59 Å². The van der Waals surface area contributed by atoms with E-state index in [1.807, 2.05) is 0 Å². The first kappa shape index (κ1) is 13.7. The van der Waals surface area contributed by atoms with E-state index in [9.17, 15) is 9.59 Å². The Balaban J connectivity index is 1.52.